The fraction of sp³-hybridized carbons (Fsp3) is 0.263. The van der Waals surface area contributed by atoms with Gasteiger partial charge < -0.3 is 10.1 Å². The Labute approximate surface area is 170 Å². The number of aryl methyl sites for hydroxylation is 1. The van der Waals surface area contributed by atoms with Crippen LogP contribution < -0.4 is 10.1 Å². The molecular weight excluding hydrogens is 396 g/mol. The van der Waals surface area contributed by atoms with Gasteiger partial charge in [-0.25, -0.2) is 14.7 Å². The fourth-order valence-electron chi connectivity index (χ4n) is 2.60. The quantitative estimate of drug-likeness (QED) is 0.766. The standard InChI is InChI=1S/C19H18N4O3S2/c1-11-7-13(26-2)5-6-15(11)22-19-23(18(25)21-12-3-4-12)17(24)16(28-19)8-14-9-20-10-27-14/h5-10,12H,3-4H2,1-2H3,(H,21,25). The first kappa shape index (κ1) is 18.7. The van der Waals surface area contributed by atoms with E-state index in [2.05, 4.69) is 15.3 Å². The zero-order chi connectivity index (χ0) is 19.7. The van der Waals surface area contributed by atoms with Crippen LogP contribution in [0, 0.1) is 6.92 Å². The summed E-state index contributed by atoms with van der Waals surface area (Å²) in [5, 5.41) is 3.21. The number of rotatable bonds is 4. The number of hydrogen-bond donors (Lipinski definition) is 1. The van der Waals surface area contributed by atoms with Gasteiger partial charge in [-0.1, -0.05) is 0 Å². The van der Waals surface area contributed by atoms with Crippen molar-refractivity contribution < 1.29 is 14.3 Å². The molecule has 9 heteroatoms. The third-order valence-electron chi connectivity index (χ3n) is 4.26. The van der Waals surface area contributed by atoms with E-state index in [1.807, 2.05) is 19.1 Å². The molecule has 1 saturated carbocycles. The maximum atomic E-state index is 12.9. The minimum absolute atomic E-state index is 0.142. The molecule has 2 aromatic rings. The zero-order valence-electron chi connectivity index (χ0n) is 15.3. The Morgan fingerprint density at radius 2 is 2.25 bits per heavy atom. The highest BCUT2D eigenvalue weighted by molar-refractivity contribution is 8.18. The summed E-state index contributed by atoms with van der Waals surface area (Å²) in [6.07, 6.45) is 5.30. The maximum Gasteiger partial charge on any atom is 0.330 e. The maximum absolute atomic E-state index is 12.9. The molecule has 1 aromatic heterocycles. The van der Waals surface area contributed by atoms with Gasteiger partial charge in [0.2, 0.25) is 0 Å². The van der Waals surface area contributed by atoms with Gasteiger partial charge in [0.15, 0.2) is 5.17 Å². The fourth-order valence-corrected chi connectivity index (χ4v) is 4.19. The normalized spacial score (nSPS) is 19.5. The molecule has 1 aliphatic carbocycles. The van der Waals surface area contributed by atoms with Crippen molar-refractivity contribution in [2.45, 2.75) is 25.8 Å². The molecule has 0 spiro atoms. The average Bonchev–Trinajstić information content (AvgIpc) is 3.23. The first-order valence-electron chi connectivity index (χ1n) is 8.71. The number of hydrogen-bond acceptors (Lipinski definition) is 7. The monoisotopic (exact) mass is 414 g/mol. The van der Waals surface area contributed by atoms with Crippen molar-refractivity contribution in [2.24, 2.45) is 4.99 Å². The van der Waals surface area contributed by atoms with Crippen molar-refractivity contribution in [2.75, 3.05) is 7.11 Å². The Hall–Kier alpha value is -2.65. The lowest BCUT2D eigenvalue weighted by Gasteiger charge is -2.14. The third-order valence-corrected chi connectivity index (χ3v) is 5.95. The summed E-state index contributed by atoms with van der Waals surface area (Å²) < 4.78 is 5.23. The molecule has 1 aliphatic heterocycles. The number of aromatic nitrogens is 1. The van der Waals surface area contributed by atoms with Crippen molar-refractivity contribution in [3.63, 3.8) is 0 Å². The molecule has 0 radical (unpaired) electrons. The SMILES string of the molecule is COc1ccc(N=C2SC(=Cc3cncs3)C(=O)N2C(=O)NC2CC2)c(C)c1. The van der Waals surface area contributed by atoms with Gasteiger partial charge in [-0.3, -0.25) is 9.78 Å². The molecule has 7 nitrogen and oxygen atoms in total. The number of amidine groups is 1. The molecular formula is C19H18N4O3S2. The molecule has 28 heavy (non-hydrogen) atoms. The van der Waals surface area contributed by atoms with Crippen LogP contribution in [0.1, 0.15) is 23.3 Å². The molecule has 0 atom stereocenters. The van der Waals surface area contributed by atoms with E-state index in [1.165, 1.54) is 23.1 Å². The number of nitrogens with one attached hydrogen (secondary N) is 1. The molecule has 0 bridgehead atoms. The van der Waals surface area contributed by atoms with Crippen LogP contribution in [0.15, 0.2) is 39.8 Å². The second-order valence-corrected chi connectivity index (χ2v) is 8.35. The first-order valence-corrected chi connectivity index (χ1v) is 10.4. The molecule has 144 valence electrons. The van der Waals surface area contributed by atoms with Crippen molar-refractivity contribution in [1.29, 1.82) is 0 Å². The minimum atomic E-state index is -0.433. The van der Waals surface area contributed by atoms with E-state index < -0.39 is 6.03 Å². The molecule has 3 amide bonds. The Morgan fingerprint density at radius 3 is 2.89 bits per heavy atom. The van der Waals surface area contributed by atoms with Crippen molar-refractivity contribution in [3.8, 4) is 5.75 Å². The lowest BCUT2D eigenvalue weighted by Crippen LogP contribution is -2.43. The molecule has 2 heterocycles. The predicted molar refractivity (Wildman–Crippen MR) is 111 cm³/mol. The predicted octanol–water partition coefficient (Wildman–Crippen LogP) is 3.94. The Bertz CT molecular complexity index is 981. The number of urea groups is 1. The highest BCUT2D eigenvalue weighted by Crippen LogP contribution is 2.36. The molecule has 2 aliphatic rings. The number of imide groups is 1. The number of aliphatic imine (C=N–C) groups is 1. The van der Waals surface area contributed by atoms with E-state index in [4.69, 9.17) is 4.74 Å². The molecule has 1 saturated heterocycles. The van der Waals surface area contributed by atoms with Gasteiger partial charge in [0, 0.05) is 17.1 Å². The van der Waals surface area contributed by atoms with Crippen LogP contribution in [-0.4, -0.2) is 40.1 Å². The van der Waals surface area contributed by atoms with E-state index in [9.17, 15) is 9.59 Å². The summed E-state index contributed by atoms with van der Waals surface area (Å²) in [4.78, 5) is 36.7. The van der Waals surface area contributed by atoms with E-state index in [0.717, 1.165) is 33.9 Å². The molecule has 2 fully saturated rings. The lowest BCUT2D eigenvalue weighted by atomic mass is 10.2. The number of nitrogens with zero attached hydrogens (tertiary/aromatic N) is 3. The number of amides is 3. The Kier molecular flexibility index (Phi) is 5.19. The first-order chi connectivity index (χ1) is 13.5. The van der Waals surface area contributed by atoms with E-state index in [1.54, 1.807) is 31.0 Å². The van der Waals surface area contributed by atoms with Gasteiger partial charge in [-0.2, -0.15) is 0 Å². The Balaban J connectivity index is 1.69. The zero-order valence-corrected chi connectivity index (χ0v) is 17.0. The lowest BCUT2D eigenvalue weighted by molar-refractivity contribution is -0.120. The van der Waals surface area contributed by atoms with Crippen LogP contribution in [0.25, 0.3) is 6.08 Å². The highest BCUT2D eigenvalue weighted by Gasteiger charge is 2.40. The van der Waals surface area contributed by atoms with Crippen LogP contribution in [0.4, 0.5) is 10.5 Å². The summed E-state index contributed by atoms with van der Waals surface area (Å²) in [7, 11) is 1.60. The number of methoxy groups -OCH3 is 1. The summed E-state index contributed by atoms with van der Waals surface area (Å²) in [5.41, 5.74) is 3.27. The molecule has 0 unspecified atom stereocenters. The number of thioether (sulfide) groups is 1. The second-order valence-electron chi connectivity index (χ2n) is 6.43. The molecule has 4 rings (SSSR count). The van der Waals surface area contributed by atoms with E-state index >= 15 is 0 Å². The van der Waals surface area contributed by atoms with Crippen molar-refractivity contribution >= 4 is 52.0 Å². The third kappa shape index (κ3) is 3.95. The van der Waals surface area contributed by atoms with Crippen LogP contribution >= 0.6 is 23.1 Å². The molecule has 1 N–H and O–H groups in total. The van der Waals surface area contributed by atoms with Gasteiger partial charge in [0.05, 0.1) is 23.2 Å². The topological polar surface area (TPSA) is 83.9 Å². The number of benzene rings is 1. The summed E-state index contributed by atoms with van der Waals surface area (Å²) in [6, 6.07) is 5.19. The van der Waals surface area contributed by atoms with Crippen molar-refractivity contribution in [3.05, 3.63) is 45.3 Å². The smallest absolute Gasteiger partial charge is 0.330 e. The highest BCUT2D eigenvalue weighted by atomic mass is 32.2. The van der Waals surface area contributed by atoms with Gasteiger partial charge in [-0.15, -0.1) is 11.3 Å². The Morgan fingerprint density at radius 1 is 1.43 bits per heavy atom. The average molecular weight is 415 g/mol. The van der Waals surface area contributed by atoms with Crippen molar-refractivity contribution in [1.82, 2.24) is 15.2 Å². The largest absolute Gasteiger partial charge is 0.497 e. The summed E-state index contributed by atoms with van der Waals surface area (Å²) >= 11 is 2.62. The number of carbonyl (C=O) groups is 2. The van der Waals surface area contributed by atoms with Crippen LogP contribution in [0.5, 0.6) is 5.75 Å². The summed E-state index contributed by atoms with van der Waals surface area (Å²) in [6.45, 7) is 1.91. The number of ether oxygens (including phenoxy) is 1. The van der Waals surface area contributed by atoms with E-state index in [0.29, 0.717) is 15.8 Å². The number of thiazole rings is 1. The van der Waals surface area contributed by atoms with E-state index in [-0.39, 0.29) is 11.9 Å². The van der Waals surface area contributed by atoms with Gasteiger partial charge >= 0.3 is 6.03 Å². The van der Waals surface area contributed by atoms with Crippen LogP contribution in [0.3, 0.4) is 0 Å². The minimum Gasteiger partial charge on any atom is -0.497 e. The summed E-state index contributed by atoms with van der Waals surface area (Å²) in [5.74, 6) is 0.354. The van der Waals surface area contributed by atoms with Crippen LogP contribution in [0.2, 0.25) is 0 Å². The van der Waals surface area contributed by atoms with Gasteiger partial charge in [0.1, 0.15) is 5.75 Å². The second kappa shape index (κ2) is 7.76. The van der Waals surface area contributed by atoms with Gasteiger partial charge in [-0.05, 0) is 61.4 Å². The molecule has 1 aromatic carbocycles. The van der Waals surface area contributed by atoms with Crippen LogP contribution in [-0.2, 0) is 4.79 Å². The van der Waals surface area contributed by atoms with Gasteiger partial charge in [0.25, 0.3) is 5.91 Å². The number of carbonyl (C=O) groups excluding carboxylic acids is 2.